The summed E-state index contributed by atoms with van der Waals surface area (Å²) < 4.78 is 53.6. The van der Waals surface area contributed by atoms with Gasteiger partial charge in [-0.3, -0.25) is 4.90 Å². The van der Waals surface area contributed by atoms with Crippen LogP contribution in [-0.4, -0.2) is 27.7 Å². The molecule has 2 atom stereocenters. The lowest BCUT2D eigenvalue weighted by Gasteiger charge is -2.44. The third kappa shape index (κ3) is 3.94. The van der Waals surface area contributed by atoms with Crippen molar-refractivity contribution >= 4 is 0 Å². The Morgan fingerprint density at radius 3 is 2.25 bits per heavy atom. The van der Waals surface area contributed by atoms with Crippen molar-refractivity contribution in [2.24, 2.45) is 0 Å². The van der Waals surface area contributed by atoms with Gasteiger partial charge in [-0.15, -0.1) is 0 Å². The summed E-state index contributed by atoms with van der Waals surface area (Å²) in [6.45, 7) is 0.778. The molecule has 2 nitrogen and oxygen atoms in total. The third-order valence-electron chi connectivity index (χ3n) is 6.10. The molecule has 2 bridgehead atoms. The van der Waals surface area contributed by atoms with Crippen molar-refractivity contribution < 1.29 is 22.7 Å². The molecule has 0 radical (unpaired) electrons. The summed E-state index contributed by atoms with van der Waals surface area (Å²) in [6.07, 6.45) is -2.07. The molecule has 2 aromatic carbocycles. The zero-order valence-corrected chi connectivity index (χ0v) is 15.4. The minimum absolute atomic E-state index is 0.131. The first kappa shape index (κ1) is 19.4. The van der Waals surface area contributed by atoms with Crippen molar-refractivity contribution in [1.29, 1.82) is 0 Å². The van der Waals surface area contributed by atoms with E-state index in [0.717, 1.165) is 37.6 Å². The van der Waals surface area contributed by atoms with E-state index in [1.165, 1.54) is 5.56 Å². The Morgan fingerprint density at radius 1 is 1.00 bits per heavy atom. The molecule has 0 saturated carbocycles. The third-order valence-corrected chi connectivity index (χ3v) is 6.10. The number of hydrogen-bond donors (Lipinski definition) is 1. The molecule has 0 aromatic heterocycles. The zero-order valence-electron chi connectivity index (χ0n) is 15.4. The smallest absolute Gasteiger partial charge is 0.389 e. The van der Waals surface area contributed by atoms with Crippen molar-refractivity contribution in [3.05, 3.63) is 71.0 Å². The van der Waals surface area contributed by atoms with Crippen LogP contribution in [-0.2, 0) is 19.1 Å². The lowest BCUT2D eigenvalue weighted by molar-refractivity contribution is -0.138. The fourth-order valence-corrected chi connectivity index (χ4v) is 4.95. The molecule has 0 aliphatic carbocycles. The van der Waals surface area contributed by atoms with E-state index in [1.807, 2.05) is 18.2 Å². The number of halogens is 4. The molecular weight excluding hydrogens is 370 g/mol. The normalized spacial score (nSPS) is 27.9. The van der Waals surface area contributed by atoms with E-state index in [-0.39, 0.29) is 24.1 Å². The summed E-state index contributed by atoms with van der Waals surface area (Å²) in [5.41, 5.74) is -1.08. The highest BCUT2D eigenvalue weighted by atomic mass is 19.4. The van der Waals surface area contributed by atoms with Gasteiger partial charge in [-0.25, -0.2) is 4.39 Å². The maximum Gasteiger partial charge on any atom is 0.416 e. The Balaban J connectivity index is 1.53. The van der Waals surface area contributed by atoms with Crippen LogP contribution in [0.25, 0.3) is 0 Å². The summed E-state index contributed by atoms with van der Waals surface area (Å²) in [5, 5.41) is 11.2. The molecular formula is C22H23F4NO. The Bertz CT molecular complexity index is 822. The fourth-order valence-electron chi connectivity index (χ4n) is 4.95. The highest BCUT2D eigenvalue weighted by molar-refractivity contribution is 5.32. The molecule has 0 spiro atoms. The van der Waals surface area contributed by atoms with Gasteiger partial charge in [-0.05, 0) is 55.0 Å². The minimum Gasteiger partial charge on any atom is -0.389 e. The molecule has 28 heavy (non-hydrogen) atoms. The van der Waals surface area contributed by atoms with Crippen LogP contribution in [0.4, 0.5) is 17.6 Å². The number of nitrogens with zero attached hydrogens (tertiary/aromatic N) is 1. The Hall–Kier alpha value is -1.92. The van der Waals surface area contributed by atoms with E-state index in [2.05, 4.69) is 17.0 Å². The Kier molecular flexibility index (Phi) is 4.96. The van der Waals surface area contributed by atoms with Crippen LogP contribution in [0.2, 0.25) is 0 Å². The van der Waals surface area contributed by atoms with Crippen molar-refractivity contribution in [1.82, 2.24) is 4.90 Å². The number of alkyl halides is 3. The second-order valence-electron chi connectivity index (χ2n) is 8.15. The maximum atomic E-state index is 13.6. The monoisotopic (exact) mass is 393 g/mol. The van der Waals surface area contributed by atoms with Gasteiger partial charge in [0.15, 0.2) is 0 Å². The standard InChI is InChI=1S/C22H23F4NO/c23-17-6-9-20(22(24,25)26)16(10-17)11-21(28)12-18-7-8-19(13-21)27(18)14-15-4-2-1-3-5-15/h1-6,9-10,18-19,28H,7-8,11-14H2. The van der Waals surface area contributed by atoms with Crippen LogP contribution in [0, 0.1) is 5.82 Å². The van der Waals surface area contributed by atoms with Gasteiger partial charge in [0.05, 0.1) is 11.2 Å². The average Bonchev–Trinajstić information content (AvgIpc) is 2.85. The Labute approximate surface area is 161 Å². The molecule has 2 aliphatic rings. The summed E-state index contributed by atoms with van der Waals surface area (Å²) in [6, 6.07) is 12.8. The van der Waals surface area contributed by atoms with Gasteiger partial charge in [-0.1, -0.05) is 30.3 Å². The molecule has 2 saturated heterocycles. The van der Waals surface area contributed by atoms with E-state index in [4.69, 9.17) is 0 Å². The number of hydrogen-bond acceptors (Lipinski definition) is 2. The zero-order chi connectivity index (χ0) is 19.9. The summed E-state index contributed by atoms with van der Waals surface area (Å²) >= 11 is 0. The van der Waals surface area contributed by atoms with Gasteiger partial charge in [-0.2, -0.15) is 13.2 Å². The van der Waals surface area contributed by atoms with E-state index in [0.29, 0.717) is 12.8 Å². The van der Waals surface area contributed by atoms with Crippen LogP contribution in [0.5, 0.6) is 0 Å². The lowest BCUT2D eigenvalue weighted by Crippen LogP contribution is -2.51. The first-order valence-electron chi connectivity index (χ1n) is 9.61. The van der Waals surface area contributed by atoms with Crippen LogP contribution in [0.3, 0.4) is 0 Å². The molecule has 150 valence electrons. The lowest BCUT2D eigenvalue weighted by atomic mass is 9.80. The largest absolute Gasteiger partial charge is 0.416 e. The molecule has 4 rings (SSSR count). The predicted octanol–water partition coefficient (Wildman–Crippen LogP) is 4.95. The first-order chi connectivity index (χ1) is 13.2. The second-order valence-corrected chi connectivity index (χ2v) is 8.15. The topological polar surface area (TPSA) is 23.5 Å². The van der Waals surface area contributed by atoms with E-state index in [9.17, 15) is 22.7 Å². The molecule has 0 amide bonds. The van der Waals surface area contributed by atoms with Crippen molar-refractivity contribution in [2.75, 3.05) is 0 Å². The first-order valence-corrected chi connectivity index (χ1v) is 9.61. The SMILES string of the molecule is OC1(Cc2cc(F)ccc2C(F)(F)F)CC2CCC(C1)N2Cc1ccccc1. The van der Waals surface area contributed by atoms with Crippen LogP contribution in [0.15, 0.2) is 48.5 Å². The minimum atomic E-state index is -4.56. The van der Waals surface area contributed by atoms with Crippen molar-refractivity contribution in [2.45, 2.75) is 62.5 Å². The van der Waals surface area contributed by atoms with E-state index < -0.39 is 23.2 Å². The van der Waals surface area contributed by atoms with Gasteiger partial charge in [0.2, 0.25) is 0 Å². The van der Waals surface area contributed by atoms with Crippen LogP contribution in [0.1, 0.15) is 42.4 Å². The fraction of sp³-hybridized carbons (Fsp3) is 0.455. The highest BCUT2D eigenvalue weighted by Crippen LogP contribution is 2.44. The number of piperidine rings is 1. The van der Waals surface area contributed by atoms with E-state index in [1.54, 1.807) is 0 Å². The van der Waals surface area contributed by atoms with Gasteiger partial charge < -0.3 is 5.11 Å². The average molecular weight is 393 g/mol. The van der Waals surface area contributed by atoms with Crippen molar-refractivity contribution in [3.8, 4) is 0 Å². The molecule has 2 heterocycles. The van der Waals surface area contributed by atoms with Gasteiger partial charge in [0, 0.05) is 25.0 Å². The van der Waals surface area contributed by atoms with Crippen LogP contribution < -0.4 is 0 Å². The summed E-state index contributed by atoms with van der Waals surface area (Å²) in [5.74, 6) is -0.712. The van der Waals surface area contributed by atoms with E-state index >= 15 is 0 Å². The summed E-state index contributed by atoms with van der Waals surface area (Å²) in [4.78, 5) is 2.36. The maximum absolute atomic E-state index is 13.6. The molecule has 2 fully saturated rings. The van der Waals surface area contributed by atoms with Gasteiger partial charge in [0.1, 0.15) is 5.82 Å². The molecule has 2 aromatic rings. The number of fused-ring (bicyclic) bond motifs is 2. The van der Waals surface area contributed by atoms with Gasteiger partial charge >= 0.3 is 6.18 Å². The number of rotatable bonds is 4. The highest BCUT2D eigenvalue weighted by Gasteiger charge is 2.48. The quantitative estimate of drug-likeness (QED) is 0.744. The van der Waals surface area contributed by atoms with Crippen LogP contribution >= 0.6 is 0 Å². The van der Waals surface area contributed by atoms with Crippen molar-refractivity contribution in [3.63, 3.8) is 0 Å². The predicted molar refractivity (Wildman–Crippen MR) is 98.1 cm³/mol. The van der Waals surface area contributed by atoms with Gasteiger partial charge in [0.25, 0.3) is 0 Å². The Morgan fingerprint density at radius 2 is 1.64 bits per heavy atom. The summed E-state index contributed by atoms with van der Waals surface area (Å²) in [7, 11) is 0. The number of aliphatic hydroxyl groups is 1. The molecule has 2 unspecified atom stereocenters. The molecule has 2 aliphatic heterocycles. The molecule has 6 heteroatoms. The number of benzene rings is 2. The second kappa shape index (κ2) is 7.16. The molecule has 1 N–H and O–H groups in total.